The molecule has 1 N–H and O–H groups in total. The maximum Gasteiger partial charge on any atom is 0.261 e. The summed E-state index contributed by atoms with van der Waals surface area (Å²) < 4.78 is 5.78. The first kappa shape index (κ1) is 24.4. The quantitative estimate of drug-likeness (QED) is 0.549. The van der Waals surface area contributed by atoms with Gasteiger partial charge in [0.15, 0.2) is 6.61 Å². The van der Waals surface area contributed by atoms with Gasteiger partial charge in [0.05, 0.1) is 0 Å². The second kappa shape index (κ2) is 11.1. The van der Waals surface area contributed by atoms with Crippen molar-refractivity contribution in [1.29, 1.82) is 0 Å². The lowest BCUT2D eigenvalue weighted by Crippen LogP contribution is -2.50. The SMILES string of the molecule is Cc1cc(OCC(=O)N(Cc2cccc(Cl)c2)[C@@H](C)C(=O)NC2CCCC2)cc(C)c1Cl. The van der Waals surface area contributed by atoms with Crippen LogP contribution in [-0.4, -0.2) is 35.4 Å². The number of hydrogen-bond acceptors (Lipinski definition) is 3. The van der Waals surface area contributed by atoms with Crippen LogP contribution in [0.5, 0.6) is 5.75 Å². The van der Waals surface area contributed by atoms with Crippen LogP contribution in [0.3, 0.4) is 0 Å². The number of hydrogen-bond donors (Lipinski definition) is 1. The number of rotatable bonds is 8. The molecule has 1 aliphatic carbocycles. The molecule has 1 saturated carbocycles. The summed E-state index contributed by atoms with van der Waals surface area (Å²) in [5.74, 6) is 0.151. The van der Waals surface area contributed by atoms with Crippen LogP contribution >= 0.6 is 23.2 Å². The molecule has 0 saturated heterocycles. The van der Waals surface area contributed by atoms with Crippen molar-refractivity contribution in [3.8, 4) is 5.75 Å². The molecule has 3 rings (SSSR count). The number of aryl methyl sites for hydroxylation is 2. The van der Waals surface area contributed by atoms with E-state index in [1.54, 1.807) is 36.1 Å². The summed E-state index contributed by atoms with van der Waals surface area (Å²) in [7, 11) is 0. The lowest BCUT2D eigenvalue weighted by Gasteiger charge is -2.29. The Bertz CT molecular complexity index is 950. The fraction of sp³-hybridized carbons (Fsp3) is 0.440. The Labute approximate surface area is 200 Å². The first-order valence-electron chi connectivity index (χ1n) is 11.0. The van der Waals surface area contributed by atoms with E-state index in [0.717, 1.165) is 42.4 Å². The van der Waals surface area contributed by atoms with Crippen LogP contribution in [-0.2, 0) is 16.1 Å². The zero-order valence-electron chi connectivity index (χ0n) is 18.8. The Morgan fingerprint density at radius 1 is 1.12 bits per heavy atom. The highest BCUT2D eigenvalue weighted by molar-refractivity contribution is 6.32. The Balaban J connectivity index is 1.74. The van der Waals surface area contributed by atoms with Crippen molar-refractivity contribution in [2.75, 3.05) is 6.61 Å². The third-order valence-corrected chi connectivity index (χ3v) is 6.71. The monoisotopic (exact) mass is 476 g/mol. The second-order valence-electron chi connectivity index (χ2n) is 8.48. The molecule has 5 nitrogen and oxygen atoms in total. The van der Waals surface area contributed by atoms with Gasteiger partial charge in [0.2, 0.25) is 5.91 Å². The third kappa shape index (κ3) is 6.39. The summed E-state index contributed by atoms with van der Waals surface area (Å²) in [5, 5.41) is 4.36. The number of benzene rings is 2. The molecule has 0 radical (unpaired) electrons. The molecule has 2 amide bonds. The van der Waals surface area contributed by atoms with Crippen molar-refractivity contribution < 1.29 is 14.3 Å². The van der Waals surface area contributed by atoms with E-state index in [4.69, 9.17) is 27.9 Å². The van der Waals surface area contributed by atoms with Crippen LogP contribution in [0.2, 0.25) is 10.0 Å². The highest BCUT2D eigenvalue weighted by atomic mass is 35.5. The minimum absolute atomic E-state index is 0.148. The molecule has 0 spiro atoms. The van der Waals surface area contributed by atoms with Gasteiger partial charge < -0.3 is 15.0 Å². The van der Waals surface area contributed by atoms with E-state index in [-0.39, 0.29) is 31.0 Å². The van der Waals surface area contributed by atoms with Gasteiger partial charge in [-0.1, -0.05) is 48.2 Å². The first-order chi connectivity index (χ1) is 15.2. The topological polar surface area (TPSA) is 58.6 Å². The third-order valence-electron chi connectivity index (χ3n) is 5.88. The minimum Gasteiger partial charge on any atom is -0.484 e. The molecular formula is C25H30Cl2N2O3. The summed E-state index contributed by atoms with van der Waals surface area (Å²) in [6.45, 7) is 5.63. The zero-order valence-corrected chi connectivity index (χ0v) is 20.3. The molecule has 32 heavy (non-hydrogen) atoms. The lowest BCUT2D eigenvalue weighted by atomic mass is 10.1. The molecule has 2 aromatic carbocycles. The standard InChI is InChI=1S/C25H30Cl2N2O3/c1-16-11-22(12-17(2)24(16)27)32-15-23(30)29(14-19-7-6-8-20(26)13-19)18(3)25(31)28-21-9-4-5-10-21/h6-8,11-13,18,21H,4-5,9-10,14-15H2,1-3H3,(H,28,31)/t18-/m0/s1. The van der Waals surface area contributed by atoms with Crippen molar-refractivity contribution in [2.45, 2.75) is 65.1 Å². The molecule has 2 aromatic rings. The molecule has 0 aliphatic heterocycles. The predicted molar refractivity (Wildman–Crippen MR) is 128 cm³/mol. The predicted octanol–water partition coefficient (Wildman–Crippen LogP) is 5.47. The molecule has 1 fully saturated rings. The summed E-state index contributed by atoms with van der Waals surface area (Å²) in [6, 6.07) is 10.5. The van der Waals surface area contributed by atoms with Crippen LogP contribution in [0.25, 0.3) is 0 Å². The van der Waals surface area contributed by atoms with E-state index in [1.165, 1.54) is 0 Å². The van der Waals surface area contributed by atoms with Crippen LogP contribution in [0, 0.1) is 13.8 Å². The zero-order chi connectivity index (χ0) is 23.3. The molecular weight excluding hydrogens is 447 g/mol. The van der Waals surface area contributed by atoms with Gasteiger partial charge in [0, 0.05) is 22.6 Å². The average Bonchev–Trinajstić information content (AvgIpc) is 3.26. The number of ether oxygens (including phenoxy) is 1. The molecule has 0 bridgehead atoms. The number of halogens is 2. The Kier molecular flexibility index (Phi) is 8.44. The number of carbonyl (C=O) groups excluding carboxylic acids is 2. The molecule has 1 aliphatic rings. The Morgan fingerprint density at radius 3 is 2.41 bits per heavy atom. The van der Waals surface area contributed by atoms with Gasteiger partial charge in [-0.15, -0.1) is 0 Å². The minimum atomic E-state index is -0.639. The van der Waals surface area contributed by atoms with E-state index >= 15 is 0 Å². The lowest BCUT2D eigenvalue weighted by molar-refractivity contribution is -0.142. The van der Waals surface area contributed by atoms with Gasteiger partial charge in [-0.25, -0.2) is 0 Å². The average molecular weight is 477 g/mol. The maximum atomic E-state index is 13.2. The van der Waals surface area contributed by atoms with Gasteiger partial charge in [-0.05, 0) is 74.6 Å². The van der Waals surface area contributed by atoms with Gasteiger partial charge in [-0.2, -0.15) is 0 Å². The Morgan fingerprint density at radius 2 is 1.78 bits per heavy atom. The van der Waals surface area contributed by atoms with Crippen molar-refractivity contribution in [3.63, 3.8) is 0 Å². The normalized spacial score (nSPS) is 14.8. The summed E-state index contributed by atoms with van der Waals surface area (Å²) in [6.07, 6.45) is 4.22. The molecule has 0 aromatic heterocycles. The molecule has 1 atom stereocenters. The summed E-state index contributed by atoms with van der Waals surface area (Å²) >= 11 is 12.4. The highest BCUT2D eigenvalue weighted by Gasteiger charge is 2.28. The maximum absolute atomic E-state index is 13.2. The van der Waals surface area contributed by atoms with Gasteiger partial charge in [0.25, 0.3) is 5.91 Å². The first-order valence-corrected chi connectivity index (χ1v) is 11.7. The van der Waals surface area contributed by atoms with Crippen LogP contribution in [0.15, 0.2) is 36.4 Å². The molecule has 172 valence electrons. The molecule has 7 heteroatoms. The fourth-order valence-corrected chi connectivity index (χ4v) is 4.35. The van der Waals surface area contributed by atoms with E-state index < -0.39 is 6.04 Å². The van der Waals surface area contributed by atoms with E-state index in [2.05, 4.69) is 5.32 Å². The molecule has 0 unspecified atom stereocenters. The van der Waals surface area contributed by atoms with E-state index in [9.17, 15) is 9.59 Å². The number of carbonyl (C=O) groups is 2. The molecule has 0 heterocycles. The highest BCUT2D eigenvalue weighted by Crippen LogP contribution is 2.26. The smallest absolute Gasteiger partial charge is 0.261 e. The van der Waals surface area contributed by atoms with E-state index in [0.29, 0.717) is 15.8 Å². The van der Waals surface area contributed by atoms with Crippen molar-refractivity contribution in [3.05, 3.63) is 63.1 Å². The van der Waals surface area contributed by atoms with Crippen LogP contribution in [0.1, 0.15) is 49.3 Å². The van der Waals surface area contributed by atoms with Gasteiger partial charge >= 0.3 is 0 Å². The van der Waals surface area contributed by atoms with E-state index in [1.807, 2.05) is 26.0 Å². The summed E-state index contributed by atoms with van der Waals surface area (Å²) in [5.41, 5.74) is 2.62. The largest absolute Gasteiger partial charge is 0.484 e. The number of amides is 2. The van der Waals surface area contributed by atoms with Crippen molar-refractivity contribution in [1.82, 2.24) is 10.2 Å². The van der Waals surface area contributed by atoms with Gasteiger partial charge in [0.1, 0.15) is 11.8 Å². The fourth-order valence-electron chi connectivity index (χ4n) is 4.02. The summed E-state index contributed by atoms with van der Waals surface area (Å²) in [4.78, 5) is 27.7. The number of nitrogens with one attached hydrogen (secondary N) is 1. The second-order valence-corrected chi connectivity index (χ2v) is 9.29. The van der Waals surface area contributed by atoms with Gasteiger partial charge in [-0.3, -0.25) is 9.59 Å². The van der Waals surface area contributed by atoms with Crippen molar-refractivity contribution >= 4 is 35.0 Å². The number of nitrogens with zero attached hydrogens (tertiary/aromatic N) is 1. The van der Waals surface area contributed by atoms with Crippen molar-refractivity contribution in [2.24, 2.45) is 0 Å². The Hall–Kier alpha value is -2.24. The van der Waals surface area contributed by atoms with Crippen LogP contribution in [0.4, 0.5) is 0 Å². The van der Waals surface area contributed by atoms with Crippen LogP contribution < -0.4 is 10.1 Å².